The van der Waals surface area contributed by atoms with Crippen LogP contribution in [-0.4, -0.2) is 42.4 Å². The maximum atomic E-state index is 11.6. The van der Waals surface area contributed by atoms with E-state index < -0.39 is 0 Å². The van der Waals surface area contributed by atoms with Crippen molar-refractivity contribution in [2.45, 2.75) is 51.5 Å². The third-order valence-corrected chi connectivity index (χ3v) is 4.19. The number of ether oxygens (including phenoxy) is 1. The Kier molecular flexibility index (Phi) is 4.75. The topological polar surface area (TPSA) is 46.6 Å². The maximum absolute atomic E-state index is 11.6. The van der Waals surface area contributed by atoms with Gasteiger partial charge in [-0.05, 0) is 32.6 Å². The van der Waals surface area contributed by atoms with E-state index >= 15 is 0 Å². The molecule has 1 aliphatic carbocycles. The molecule has 2 aliphatic rings. The second-order valence-corrected chi connectivity index (χ2v) is 5.33. The van der Waals surface area contributed by atoms with Gasteiger partial charge in [-0.1, -0.05) is 0 Å². The molecule has 2 rings (SSSR count). The second-order valence-electron chi connectivity index (χ2n) is 5.33. The Balaban J connectivity index is 1.76. The smallest absolute Gasteiger partial charge is 0.308 e. The predicted molar refractivity (Wildman–Crippen MR) is 68.2 cm³/mol. The third-order valence-electron chi connectivity index (χ3n) is 4.19. The minimum Gasteiger partial charge on any atom is -0.466 e. The first-order valence-electron chi connectivity index (χ1n) is 7.13. The number of carbonyl (C=O) groups excluding carboxylic acids is 2. The van der Waals surface area contributed by atoms with Crippen LogP contribution in [0.4, 0.5) is 0 Å². The van der Waals surface area contributed by atoms with Crippen molar-refractivity contribution in [3.8, 4) is 0 Å². The Morgan fingerprint density at radius 3 is 2.39 bits per heavy atom. The van der Waals surface area contributed by atoms with Gasteiger partial charge in [-0.3, -0.25) is 14.5 Å². The molecule has 0 bridgehead atoms. The number of esters is 1. The highest BCUT2D eigenvalue weighted by molar-refractivity contribution is 5.79. The first kappa shape index (κ1) is 13.5. The SMILES string of the molecule is CCOC(=O)[C@H]1CC[C@H](N2CCC(=O)CC2)CC1. The van der Waals surface area contributed by atoms with Crippen LogP contribution >= 0.6 is 0 Å². The zero-order chi connectivity index (χ0) is 13.0. The van der Waals surface area contributed by atoms with Crippen LogP contribution in [-0.2, 0) is 14.3 Å². The molecule has 0 aromatic carbocycles. The summed E-state index contributed by atoms with van der Waals surface area (Å²) in [5, 5.41) is 0. The number of carbonyl (C=O) groups is 2. The van der Waals surface area contributed by atoms with Gasteiger partial charge in [0, 0.05) is 32.0 Å². The van der Waals surface area contributed by atoms with Crippen LogP contribution in [0.3, 0.4) is 0 Å². The van der Waals surface area contributed by atoms with E-state index in [9.17, 15) is 9.59 Å². The standard InChI is InChI=1S/C14H23NO3/c1-2-18-14(17)11-3-5-12(6-4-11)15-9-7-13(16)8-10-15/h11-12H,2-10H2,1H3/t11-,12-. The molecular weight excluding hydrogens is 230 g/mol. The van der Waals surface area contributed by atoms with E-state index in [4.69, 9.17) is 4.74 Å². The molecule has 1 aliphatic heterocycles. The van der Waals surface area contributed by atoms with Crippen molar-refractivity contribution in [2.24, 2.45) is 5.92 Å². The van der Waals surface area contributed by atoms with Crippen LogP contribution in [0.5, 0.6) is 0 Å². The number of nitrogens with zero attached hydrogens (tertiary/aromatic N) is 1. The lowest BCUT2D eigenvalue weighted by Gasteiger charge is -2.37. The number of likely N-dealkylation sites (tertiary alicyclic amines) is 1. The van der Waals surface area contributed by atoms with E-state index in [1.807, 2.05) is 6.92 Å². The monoisotopic (exact) mass is 253 g/mol. The van der Waals surface area contributed by atoms with Gasteiger partial charge in [0.2, 0.25) is 0 Å². The summed E-state index contributed by atoms with van der Waals surface area (Å²) >= 11 is 0. The lowest BCUT2D eigenvalue weighted by molar-refractivity contribution is -0.149. The Hall–Kier alpha value is -0.900. The quantitative estimate of drug-likeness (QED) is 0.719. The van der Waals surface area contributed by atoms with Gasteiger partial charge in [0.25, 0.3) is 0 Å². The van der Waals surface area contributed by atoms with Gasteiger partial charge >= 0.3 is 5.97 Å². The van der Waals surface area contributed by atoms with Crippen LogP contribution in [0.15, 0.2) is 0 Å². The fourth-order valence-electron chi connectivity index (χ4n) is 3.08. The number of Topliss-reactive ketones (excluding diaryl/α,β-unsaturated/α-hetero) is 1. The largest absolute Gasteiger partial charge is 0.466 e. The summed E-state index contributed by atoms with van der Waals surface area (Å²) in [6.07, 6.45) is 5.42. The van der Waals surface area contributed by atoms with E-state index in [0.717, 1.165) is 38.8 Å². The van der Waals surface area contributed by atoms with E-state index in [0.29, 0.717) is 31.3 Å². The summed E-state index contributed by atoms with van der Waals surface area (Å²) in [5.74, 6) is 0.476. The van der Waals surface area contributed by atoms with Crippen molar-refractivity contribution >= 4 is 11.8 Å². The highest BCUT2D eigenvalue weighted by Crippen LogP contribution is 2.29. The molecule has 102 valence electrons. The lowest BCUT2D eigenvalue weighted by atomic mass is 9.84. The van der Waals surface area contributed by atoms with Crippen molar-refractivity contribution in [3.63, 3.8) is 0 Å². The molecule has 0 N–H and O–H groups in total. The number of piperidine rings is 1. The predicted octanol–water partition coefficient (Wildman–Crippen LogP) is 1.77. The Labute approximate surface area is 109 Å². The van der Waals surface area contributed by atoms with Crippen LogP contribution in [0.1, 0.15) is 45.4 Å². The molecule has 4 nitrogen and oxygen atoms in total. The van der Waals surface area contributed by atoms with Gasteiger partial charge < -0.3 is 4.74 Å². The molecule has 0 atom stereocenters. The molecule has 1 saturated heterocycles. The molecule has 4 heteroatoms. The fourth-order valence-corrected chi connectivity index (χ4v) is 3.08. The highest BCUT2D eigenvalue weighted by Gasteiger charge is 2.31. The Morgan fingerprint density at radius 1 is 1.22 bits per heavy atom. The van der Waals surface area contributed by atoms with Gasteiger partial charge in [-0.2, -0.15) is 0 Å². The average molecular weight is 253 g/mol. The molecule has 1 heterocycles. The summed E-state index contributed by atoms with van der Waals surface area (Å²) in [5.41, 5.74) is 0. The van der Waals surface area contributed by atoms with E-state index in [2.05, 4.69) is 4.90 Å². The average Bonchev–Trinajstić information content (AvgIpc) is 2.40. The number of rotatable bonds is 3. The summed E-state index contributed by atoms with van der Waals surface area (Å²) in [7, 11) is 0. The first-order chi connectivity index (χ1) is 8.70. The molecule has 2 fully saturated rings. The maximum Gasteiger partial charge on any atom is 0.308 e. The molecule has 0 amide bonds. The van der Waals surface area contributed by atoms with Crippen LogP contribution in [0, 0.1) is 5.92 Å². The number of hydrogen-bond donors (Lipinski definition) is 0. The van der Waals surface area contributed by atoms with Crippen LogP contribution in [0.25, 0.3) is 0 Å². The van der Waals surface area contributed by atoms with Gasteiger partial charge in [0.1, 0.15) is 5.78 Å². The van der Waals surface area contributed by atoms with Crippen molar-refractivity contribution in [2.75, 3.05) is 19.7 Å². The Bertz CT molecular complexity index is 298. The van der Waals surface area contributed by atoms with Gasteiger partial charge in [0.15, 0.2) is 0 Å². The Morgan fingerprint density at radius 2 is 1.83 bits per heavy atom. The van der Waals surface area contributed by atoms with Crippen LogP contribution in [0.2, 0.25) is 0 Å². The molecule has 0 aromatic heterocycles. The molecule has 1 saturated carbocycles. The van der Waals surface area contributed by atoms with E-state index in [1.54, 1.807) is 0 Å². The van der Waals surface area contributed by atoms with Crippen LogP contribution < -0.4 is 0 Å². The number of ketones is 1. The lowest BCUT2D eigenvalue weighted by Crippen LogP contribution is -2.44. The normalized spacial score (nSPS) is 30.2. The van der Waals surface area contributed by atoms with Crippen molar-refractivity contribution in [3.05, 3.63) is 0 Å². The second kappa shape index (κ2) is 6.32. The summed E-state index contributed by atoms with van der Waals surface area (Å²) in [6, 6.07) is 0.573. The molecule has 0 aromatic rings. The number of hydrogen-bond acceptors (Lipinski definition) is 4. The van der Waals surface area contributed by atoms with Gasteiger partial charge in [0.05, 0.1) is 12.5 Å². The van der Waals surface area contributed by atoms with Gasteiger partial charge in [-0.25, -0.2) is 0 Å². The van der Waals surface area contributed by atoms with Gasteiger partial charge in [-0.15, -0.1) is 0 Å². The molecule has 0 unspecified atom stereocenters. The van der Waals surface area contributed by atoms with Crippen molar-refractivity contribution in [1.82, 2.24) is 4.90 Å². The first-order valence-corrected chi connectivity index (χ1v) is 7.13. The minimum atomic E-state index is -0.0234. The summed E-state index contributed by atoms with van der Waals surface area (Å²) in [6.45, 7) is 4.16. The fraction of sp³-hybridized carbons (Fsp3) is 0.857. The van der Waals surface area contributed by atoms with Crippen molar-refractivity contribution < 1.29 is 14.3 Å². The van der Waals surface area contributed by atoms with E-state index in [1.165, 1.54) is 0 Å². The molecular formula is C14H23NO3. The molecule has 0 spiro atoms. The molecule has 0 radical (unpaired) electrons. The third kappa shape index (κ3) is 3.31. The molecule has 18 heavy (non-hydrogen) atoms. The van der Waals surface area contributed by atoms with E-state index in [-0.39, 0.29) is 11.9 Å². The summed E-state index contributed by atoms with van der Waals surface area (Å²) in [4.78, 5) is 25.3. The zero-order valence-corrected chi connectivity index (χ0v) is 11.2. The highest BCUT2D eigenvalue weighted by atomic mass is 16.5. The van der Waals surface area contributed by atoms with Crippen molar-refractivity contribution in [1.29, 1.82) is 0 Å². The zero-order valence-electron chi connectivity index (χ0n) is 11.2. The summed E-state index contributed by atoms with van der Waals surface area (Å²) < 4.78 is 5.08. The minimum absolute atomic E-state index is 0.0234.